The lowest BCUT2D eigenvalue weighted by Gasteiger charge is -2.14. The van der Waals surface area contributed by atoms with Crippen molar-refractivity contribution in [2.75, 3.05) is 7.05 Å². The van der Waals surface area contributed by atoms with Crippen LogP contribution >= 0.6 is 0 Å². The molecular formula is C14H16N2O3. The number of nitrogens with one attached hydrogen (secondary N) is 1. The van der Waals surface area contributed by atoms with Crippen molar-refractivity contribution >= 4 is 5.69 Å². The fourth-order valence-electron chi connectivity index (χ4n) is 2.02. The molecule has 0 aliphatic rings. The van der Waals surface area contributed by atoms with Crippen LogP contribution in [0.25, 0.3) is 0 Å². The maximum absolute atomic E-state index is 10.6. The summed E-state index contributed by atoms with van der Waals surface area (Å²) in [5.41, 5.74) is 2.24. The second kappa shape index (κ2) is 5.67. The molecule has 1 heterocycles. The van der Waals surface area contributed by atoms with Crippen molar-refractivity contribution in [3.8, 4) is 0 Å². The van der Waals surface area contributed by atoms with E-state index in [4.69, 9.17) is 4.42 Å². The molecule has 0 saturated carbocycles. The molecule has 19 heavy (non-hydrogen) atoms. The van der Waals surface area contributed by atoms with E-state index in [-0.39, 0.29) is 11.7 Å². The van der Waals surface area contributed by atoms with E-state index in [1.807, 2.05) is 20.0 Å². The second-order valence-corrected chi connectivity index (χ2v) is 4.46. The molecule has 0 bridgehead atoms. The Labute approximate surface area is 111 Å². The lowest BCUT2D eigenvalue weighted by atomic mass is 10.0. The van der Waals surface area contributed by atoms with Gasteiger partial charge < -0.3 is 9.73 Å². The molecule has 1 aromatic heterocycles. The highest BCUT2D eigenvalue weighted by atomic mass is 16.6. The molecular weight excluding hydrogens is 244 g/mol. The number of hydrogen-bond donors (Lipinski definition) is 1. The Kier molecular flexibility index (Phi) is 3.97. The third-order valence-electron chi connectivity index (χ3n) is 3.09. The van der Waals surface area contributed by atoms with E-state index in [0.717, 1.165) is 23.3 Å². The Bertz CT molecular complexity index is 560. The molecule has 0 fully saturated rings. The molecule has 1 unspecified atom stereocenters. The molecule has 1 atom stereocenters. The SMILES string of the molecule is CNC(Cc1ccc([N+](=O)[O-])cc1)c1coc(C)c1. The Hall–Kier alpha value is -2.14. The number of nitrogens with zero attached hydrogens (tertiary/aromatic N) is 1. The predicted molar refractivity (Wildman–Crippen MR) is 72.0 cm³/mol. The summed E-state index contributed by atoms with van der Waals surface area (Å²) in [7, 11) is 1.89. The standard InChI is InChI=1S/C14H16N2O3/c1-10-7-12(9-19-10)14(15-2)8-11-3-5-13(6-4-11)16(17)18/h3-7,9,14-15H,8H2,1-2H3. The minimum Gasteiger partial charge on any atom is -0.469 e. The number of furan rings is 1. The largest absolute Gasteiger partial charge is 0.469 e. The van der Waals surface area contributed by atoms with Crippen molar-refractivity contribution in [2.45, 2.75) is 19.4 Å². The fourth-order valence-corrected chi connectivity index (χ4v) is 2.02. The van der Waals surface area contributed by atoms with Crippen LogP contribution in [0.15, 0.2) is 41.0 Å². The zero-order chi connectivity index (χ0) is 13.8. The number of benzene rings is 1. The summed E-state index contributed by atoms with van der Waals surface area (Å²) in [4.78, 5) is 10.2. The van der Waals surface area contributed by atoms with Crippen molar-refractivity contribution < 1.29 is 9.34 Å². The Morgan fingerprint density at radius 2 is 2.05 bits per heavy atom. The van der Waals surface area contributed by atoms with Crippen LogP contribution in [0.4, 0.5) is 5.69 Å². The average Bonchev–Trinajstić information content (AvgIpc) is 2.83. The van der Waals surface area contributed by atoms with Gasteiger partial charge >= 0.3 is 0 Å². The van der Waals surface area contributed by atoms with E-state index >= 15 is 0 Å². The molecule has 0 aliphatic carbocycles. The van der Waals surface area contributed by atoms with Gasteiger partial charge in [-0.15, -0.1) is 0 Å². The highest BCUT2D eigenvalue weighted by Crippen LogP contribution is 2.21. The number of nitro groups is 1. The molecule has 5 nitrogen and oxygen atoms in total. The molecule has 0 saturated heterocycles. The number of hydrogen-bond acceptors (Lipinski definition) is 4. The van der Waals surface area contributed by atoms with Gasteiger partial charge in [-0.3, -0.25) is 10.1 Å². The molecule has 0 radical (unpaired) electrons. The molecule has 2 aromatic rings. The van der Waals surface area contributed by atoms with Gasteiger partial charge in [-0.2, -0.15) is 0 Å². The van der Waals surface area contributed by atoms with Gasteiger partial charge in [0.2, 0.25) is 0 Å². The van der Waals surface area contributed by atoms with Gasteiger partial charge in [0.25, 0.3) is 5.69 Å². The minimum atomic E-state index is -0.390. The molecule has 0 spiro atoms. The lowest BCUT2D eigenvalue weighted by Crippen LogP contribution is -2.18. The fraction of sp³-hybridized carbons (Fsp3) is 0.286. The van der Waals surface area contributed by atoms with Crippen molar-refractivity contribution in [3.05, 3.63) is 63.6 Å². The third kappa shape index (κ3) is 3.20. The van der Waals surface area contributed by atoms with E-state index in [2.05, 4.69) is 5.32 Å². The van der Waals surface area contributed by atoms with Gasteiger partial charge in [0.05, 0.1) is 11.2 Å². The highest BCUT2D eigenvalue weighted by Gasteiger charge is 2.13. The smallest absolute Gasteiger partial charge is 0.269 e. The van der Waals surface area contributed by atoms with Crippen LogP contribution in [0.3, 0.4) is 0 Å². The molecule has 1 N–H and O–H groups in total. The van der Waals surface area contributed by atoms with Gasteiger partial charge in [0.15, 0.2) is 0 Å². The maximum atomic E-state index is 10.6. The van der Waals surface area contributed by atoms with Gasteiger partial charge in [0, 0.05) is 23.7 Å². The second-order valence-electron chi connectivity index (χ2n) is 4.46. The van der Waals surface area contributed by atoms with Gasteiger partial charge in [-0.25, -0.2) is 0 Å². The van der Waals surface area contributed by atoms with Crippen molar-refractivity contribution in [1.82, 2.24) is 5.32 Å². The maximum Gasteiger partial charge on any atom is 0.269 e. The monoisotopic (exact) mass is 260 g/mol. The van der Waals surface area contributed by atoms with Gasteiger partial charge in [-0.05, 0) is 32.0 Å². The summed E-state index contributed by atoms with van der Waals surface area (Å²) in [6.07, 6.45) is 2.50. The Morgan fingerprint density at radius 3 is 2.53 bits per heavy atom. The van der Waals surface area contributed by atoms with Crippen molar-refractivity contribution in [3.63, 3.8) is 0 Å². The van der Waals surface area contributed by atoms with Crippen LogP contribution in [-0.4, -0.2) is 12.0 Å². The first-order valence-corrected chi connectivity index (χ1v) is 6.06. The van der Waals surface area contributed by atoms with Crippen molar-refractivity contribution in [2.24, 2.45) is 0 Å². The number of rotatable bonds is 5. The van der Waals surface area contributed by atoms with Gasteiger partial charge in [-0.1, -0.05) is 12.1 Å². The number of nitro benzene ring substituents is 1. The molecule has 2 rings (SSSR count). The average molecular weight is 260 g/mol. The van der Waals surface area contributed by atoms with E-state index in [1.54, 1.807) is 18.4 Å². The molecule has 5 heteroatoms. The zero-order valence-corrected chi connectivity index (χ0v) is 10.9. The van der Waals surface area contributed by atoms with Crippen LogP contribution in [0.5, 0.6) is 0 Å². The zero-order valence-electron chi connectivity index (χ0n) is 10.9. The van der Waals surface area contributed by atoms with E-state index in [1.165, 1.54) is 12.1 Å². The quantitative estimate of drug-likeness (QED) is 0.662. The number of non-ortho nitro benzene ring substituents is 1. The minimum absolute atomic E-state index is 0.115. The first-order chi connectivity index (χ1) is 9.10. The number of likely N-dealkylation sites (N-methyl/N-ethyl adjacent to an activating group) is 1. The predicted octanol–water partition coefficient (Wildman–Crippen LogP) is 3.00. The Morgan fingerprint density at radius 1 is 1.37 bits per heavy atom. The van der Waals surface area contributed by atoms with Crippen LogP contribution in [-0.2, 0) is 6.42 Å². The molecule has 0 amide bonds. The summed E-state index contributed by atoms with van der Waals surface area (Å²) in [5, 5.41) is 13.8. The summed E-state index contributed by atoms with van der Waals surface area (Å²) >= 11 is 0. The topological polar surface area (TPSA) is 68.3 Å². The van der Waals surface area contributed by atoms with E-state index < -0.39 is 4.92 Å². The normalized spacial score (nSPS) is 12.3. The first kappa shape index (κ1) is 13.3. The third-order valence-corrected chi connectivity index (χ3v) is 3.09. The molecule has 100 valence electrons. The van der Waals surface area contributed by atoms with Crippen LogP contribution < -0.4 is 5.32 Å². The summed E-state index contributed by atoms with van der Waals surface area (Å²) in [6.45, 7) is 1.90. The summed E-state index contributed by atoms with van der Waals surface area (Å²) in [6, 6.07) is 8.77. The van der Waals surface area contributed by atoms with E-state index in [9.17, 15) is 10.1 Å². The summed E-state index contributed by atoms with van der Waals surface area (Å²) < 4.78 is 5.31. The van der Waals surface area contributed by atoms with Crippen molar-refractivity contribution in [1.29, 1.82) is 0 Å². The first-order valence-electron chi connectivity index (χ1n) is 6.06. The van der Waals surface area contributed by atoms with Crippen LogP contribution in [0.2, 0.25) is 0 Å². The van der Waals surface area contributed by atoms with Crippen LogP contribution in [0.1, 0.15) is 22.9 Å². The van der Waals surface area contributed by atoms with Crippen LogP contribution in [0, 0.1) is 17.0 Å². The molecule has 1 aromatic carbocycles. The Balaban J connectivity index is 2.12. The van der Waals surface area contributed by atoms with E-state index in [0.29, 0.717) is 0 Å². The molecule has 0 aliphatic heterocycles. The highest BCUT2D eigenvalue weighted by molar-refractivity contribution is 5.33. The number of aryl methyl sites for hydroxylation is 1. The van der Waals surface area contributed by atoms with Gasteiger partial charge in [0.1, 0.15) is 5.76 Å². The summed E-state index contributed by atoms with van der Waals surface area (Å²) in [5.74, 6) is 0.874. The lowest BCUT2D eigenvalue weighted by molar-refractivity contribution is -0.384.